The van der Waals surface area contributed by atoms with Crippen molar-refractivity contribution >= 4 is 0 Å². The molecule has 2 aliphatic rings. The fourth-order valence-electron chi connectivity index (χ4n) is 3.06. The molecule has 1 saturated carbocycles. The highest BCUT2D eigenvalue weighted by Gasteiger charge is 2.40. The molecular formula is C13H25NO. The van der Waals surface area contributed by atoms with Crippen molar-refractivity contribution in [1.82, 2.24) is 0 Å². The largest absolute Gasteiger partial charge is 0.375 e. The van der Waals surface area contributed by atoms with Crippen LogP contribution in [0.5, 0.6) is 0 Å². The Morgan fingerprint density at radius 2 is 1.87 bits per heavy atom. The summed E-state index contributed by atoms with van der Waals surface area (Å²) in [6, 6.07) is 0.348. The molecule has 2 nitrogen and oxygen atoms in total. The smallest absolute Gasteiger partial charge is 0.0597 e. The molecule has 0 radical (unpaired) electrons. The molecule has 1 heterocycles. The van der Waals surface area contributed by atoms with Crippen molar-refractivity contribution in [3.8, 4) is 0 Å². The minimum Gasteiger partial charge on any atom is -0.375 e. The van der Waals surface area contributed by atoms with Crippen LogP contribution in [0.25, 0.3) is 0 Å². The van der Waals surface area contributed by atoms with E-state index in [1.54, 1.807) is 0 Å². The molecule has 15 heavy (non-hydrogen) atoms. The van der Waals surface area contributed by atoms with Gasteiger partial charge in [0, 0.05) is 12.0 Å². The van der Waals surface area contributed by atoms with Crippen molar-refractivity contribution in [1.29, 1.82) is 0 Å². The lowest BCUT2D eigenvalue weighted by molar-refractivity contribution is 0.0486. The summed E-state index contributed by atoms with van der Waals surface area (Å²) in [7, 11) is 0. The van der Waals surface area contributed by atoms with E-state index in [4.69, 9.17) is 10.5 Å². The first-order valence-electron chi connectivity index (χ1n) is 6.50. The maximum absolute atomic E-state index is 6.32. The zero-order valence-electron chi connectivity index (χ0n) is 10.3. The van der Waals surface area contributed by atoms with Gasteiger partial charge in [-0.15, -0.1) is 0 Å². The molecule has 88 valence electrons. The molecule has 2 heteroatoms. The Morgan fingerprint density at radius 1 is 1.20 bits per heavy atom. The monoisotopic (exact) mass is 211 g/mol. The van der Waals surface area contributed by atoms with Crippen LogP contribution in [0.4, 0.5) is 0 Å². The topological polar surface area (TPSA) is 35.2 Å². The van der Waals surface area contributed by atoms with E-state index in [9.17, 15) is 0 Å². The zero-order valence-corrected chi connectivity index (χ0v) is 10.3. The van der Waals surface area contributed by atoms with E-state index in [-0.39, 0.29) is 0 Å². The third-order valence-electron chi connectivity index (χ3n) is 4.42. The molecule has 1 aliphatic carbocycles. The van der Waals surface area contributed by atoms with Gasteiger partial charge in [0.2, 0.25) is 0 Å². The lowest BCUT2D eigenvalue weighted by Crippen LogP contribution is -2.37. The van der Waals surface area contributed by atoms with Gasteiger partial charge in [0.15, 0.2) is 0 Å². The number of hydrogen-bond donors (Lipinski definition) is 1. The Balaban J connectivity index is 1.84. The van der Waals surface area contributed by atoms with Gasteiger partial charge in [0.05, 0.1) is 12.2 Å². The van der Waals surface area contributed by atoms with Gasteiger partial charge in [-0.3, -0.25) is 0 Å². The summed E-state index contributed by atoms with van der Waals surface area (Å²) >= 11 is 0. The lowest BCUT2D eigenvalue weighted by atomic mass is 9.82. The Morgan fingerprint density at radius 3 is 2.33 bits per heavy atom. The van der Waals surface area contributed by atoms with Crippen molar-refractivity contribution in [2.75, 3.05) is 0 Å². The van der Waals surface area contributed by atoms with Gasteiger partial charge in [-0.25, -0.2) is 0 Å². The van der Waals surface area contributed by atoms with Crippen LogP contribution in [0.15, 0.2) is 0 Å². The highest BCUT2D eigenvalue weighted by Crippen LogP contribution is 2.38. The molecule has 0 bridgehead atoms. The van der Waals surface area contributed by atoms with Crippen LogP contribution < -0.4 is 5.73 Å². The maximum atomic E-state index is 6.32. The quantitative estimate of drug-likeness (QED) is 0.775. The van der Waals surface area contributed by atoms with Crippen molar-refractivity contribution in [2.24, 2.45) is 23.5 Å². The molecule has 0 spiro atoms. The van der Waals surface area contributed by atoms with Gasteiger partial charge in [0.25, 0.3) is 0 Å². The van der Waals surface area contributed by atoms with Crippen LogP contribution in [0.1, 0.15) is 46.5 Å². The second-order valence-corrected chi connectivity index (χ2v) is 5.67. The van der Waals surface area contributed by atoms with E-state index in [1.165, 1.54) is 25.7 Å². The maximum Gasteiger partial charge on any atom is 0.0597 e. The average molecular weight is 211 g/mol. The summed E-state index contributed by atoms with van der Waals surface area (Å²) in [5, 5.41) is 0. The molecule has 2 rings (SSSR count). The molecule has 0 aromatic rings. The summed E-state index contributed by atoms with van der Waals surface area (Å²) in [5.74, 6) is 2.19. The third kappa shape index (κ3) is 2.54. The molecule has 5 atom stereocenters. The van der Waals surface area contributed by atoms with Crippen LogP contribution in [0.3, 0.4) is 0 Å². The molecule has 1 saturated heterocycles. The van der Waals surface area contributed by atoms with Gasteiger partial charge >= 0.3 is 0 Å². The van der Waals surface area contributed by atoms with Crippen molar-refractivity contribution < 1.29 is 4.74 Å². The second-order valence-electron chi connectivity index (χ2n) is 5.67. The van der Waals surface area contributed by atoms with E-state index in [1.807, 2.05) is 0 Å². The number of ether oxygens (including phenoxy) is 1. The SMILES string of the molecule is CC1OC(C)C(C(N)CCC2CC2)C1C. The molecule has 0 aromatic heterocycles. The highest BCUT2D eigenvalue weighted by molar-refractivity contribution is 4.91. The average Bonchev–Trinajstić information content (AvgIpc) is 2.94. The third-order valence-corrected chi connectivity index (χ3v) is 4.42. The Kier molecular flexibility index (Phi) is 3.36. The van der Waals surface area contributed by atoms with Gasteiger partial charge < -0.3 is 10.5 Å². The first-order valence-corrected chi connectivity index (χ1v) is 6.50. The predicted octanol–water partition coefficient (Wildman–Crippen LogP) is 2.56. The normalized spacial score (nSPS) is 43.2. The van der Waals surface area contributed by atoms with E-state index in [0.717, 1.165) is 5.92 Å². The van der Waals surface area contributed by atoms with E-state index < -0.39 is 0 Å². The fourth-order valence-corrected chi connectivity index (χ4v) is 3.06. The summed E-state index contributed by atoms with van der Waals surface area (Å²) in [4.78, 5) is 0. The van der Waals surface area contributed by atoms with Crippen LogP contribution in [0, 0.1) is 17.8 Å². The molecule has 1 aliphatic heterocycles. The molecule has 0 aromatic carbocycles. The summed E-state index contributed by atoms with van der Waals surface area (Å²) in [6.45, 7) is 6.65. The highest BCUT2D eigenvalue weighted by atomic mass is 16.5. The Bertz CT molecular complexity index is 215. The van der Waals surface area contributed by atoms with Gasteiger partial charge in [0.1, 0.15) is 0 Å². The standard InChI is InChI=1S/C13H25NO/c1-8-9(2)15-10(3)13(8)12(14)7-6-11-4-5-11/h8-13H,4-7,14H2,1-3H3. The molecule has 5 unspecified atom stereocenters. The number of rotatable bonds is 4. The van der Waals surface area contributed by atoms with Crippen LogP contribution in [-0.4, -0.2) is 18.2 Å². The Hall–Kier alpha value is -0.0800. The van der Waals surface area contributed by atoms with E-state index >= 15 is 0 Å². The van der Waals surface area contributed by atoms with Crippen molar-refractivity contribution in [2.45, 2.75) is 64.7 Å². The minimum atomic E-state index is 0.348. The Labute approximate surface area is 93.6 Å². The first kappa shape index (κ1) is 11.4. The molecule has 2 N–H and O–H groups in total. The predicted molar refractivity (Wildman–Crippen MR) is 62.6 cm³/mol. The number of nitrogens with two attached hydrogens (primary N) is 1. The molecular weight excluding hydrogens is 186 g/mol. The first-order chi connectivity index (χ1) is 7.09. The van der Waals surface area contributed by atoms with Crippen LogP contribution in [-0.2, 0) is 4.74 Å². The number of hydrogen-bond acceptors (Lipinski definition) is 2. The zero-order chi connectivity index (χ0) is 11.0. The summed E-state index contributed by atoms with van der Waals surface area (Å²) < 4.78 is 5.85. The van der Waals surface area contributed by atoms with E-state index in [2.05, 4.69) is 20.8 Å². The fraction of sp³-hybridized carbons (Fsp3) is 1.00. The van der Waals surface area contributed by atoms with Crippen LogP contribution >= 0.6 is 0 Å². The molecule has 0 amide bonds. The van der Waals surface area contributed by atoms with Gasteiger partial charge in [-0.1, -0.05) is 19.8 Å². The summed E-state index contributed by atoms with van der Waals surface area (Å²) in [6.07, 6.45) is 6.15. The summed E-state index contributed by atoms with van der Waals surface area (Å²) in [5.41, 5.74) is 6.32. The van der Waals surface area contributed by atoms with Gasteiger partial charge in [-0.2, -0.15) is 0 Å². The lowest BCUT2D eigenvalue weighted by Gasteiger charge is -2.25. The minimum absolute atomic E-state index is 0.348. The van der Waals surface area contributed by atoms with Crippen molar-refractivity contribution in [3.05, 3.63) is 0 Å². The van der Waals surface area contributed by atoms with Crippen molar-refractivity contribution in [3.63, 3.8) is 0 Å². The second kappa shape index (κ2) is 4.42. The van der Waals surface area contributed by atoms with E-state index in [0.29, 0.717) is 30.1 Å². The molecule has 2 fully saturated rings. The van der Waals surface area contributed by atoms with Gasteiger partial charge in [-0.05, 0) is 38.5 Å². The van der Waals surface area contributed by atoms with Crippen LogP contribution in [0.2, 0.25) is 0 Å².